The first-order valence-electron chi connectivity index (χ1n) is 8.14. The third-order valence-corrected chi connectivity index (χ3v) is 4.35. The lowest BCUT2D eigenvalue weighted by Crippen LogP contribution is -2.30. The Bertz CT molecular complexity index is 746. The van der Waals surface area contributed by atoms with Crippen molar-refractivity contribution in [1.29, 1.82) is 0 Å². The fourth-order valence-electron chi connectivity index (χ4n) is 2.55. The average molecular weight is 362 g/mol. The Kier molecular flexibility index (Phi) is 6.01. The molecule has 0 saturated carbocycles. The molecule has 5 nitrogen and oxygen atoms in total. The first kappa shape index (κ1) is 19.2. The normalized spacial score (nSPS) is 11.3. The molecule has 1 heterocycles. The molecule has 0 unspecified atom stereocenters. The summed E-state index contributed by atoms with van der Waals surface area (Å²) in [6.07, 6.45) is 3.26. The topological polar surface area (TPSA) is 64.1 Å². The van der Waals surface area contributed by atoms with E-state index in [1.165, 1.54) is 6.33 Å². The Morgan fingerprint density at radius 2 is 1.88 bits per heavy atom. The van der Waals surface area contributed by atoms with Crippen molar-refractivity contribution in [1.82, 2.24) is 15.3 Å². The van der Waals surface area contributed by atoms with Crippen molar-refractivity contribution >= 4 is 17.5 Å². The van der Waals surface area contributed by atoms with E-state index in [0.29, 0.717) is 12.3 Å². The minimum absolute atomic E-state index is 0.0565. The molecule has 1 aromatic carbocycles. The molecule has 0 aliphatic heterocycles. The maximum Gasteiger partial charge on any atom is 0.258 e. The van der Waals surface area contributed by atoms with Gasteiger partial charge in [0.2, 0.25) is 0 Å². The molecule has 0 fully saturated rings. The molecule has 25 heavy (non-hydrogen) atoms. The van der Waals surface area contributed by atoms with E-state index in [9.17, 15) is 4.79 Å². The third kappa shape index (κ3) is 5.16. The lowest BCUT2D eigenvalue weighted by Gasteiger charge is -2.21. The number of carbonyl (C=O) groups is 1. The molecule has 0 spiro atoms. The summed E-state index contributed by atoms with van der Waals surface area (Å²) >= 11 is 6.13. The summed E-state index contributed by atoms with van der Waals surface area (Å²) < 4.78 is 5.57. The molecule has 0 atom stereocenters. The number of amides is 1. The molecule has 0 radical (unpaired) electrons. The predicted molar refractivity (Wildman–Crippen MR) is 99.0 cm³/mol. The van der Waals surface area contributed by atoms with E-state index in [1.54, 1.807) is 6.20 Å². The van der Waals surface area contributed by atoms with Gasteiger partial charge in [-0.2, -0.15) is 0 Å². The summed E-state index contributed by atoms with van der Waals surface area (Å²) in [6, 6.07) is 3.65. The van der Waals surface area contributed by atoms with E-state index in [4.69, 9.17) is 16.3 Å². The van der Waals surface area contributed by atoms with E-state index in [2.05, 4.69) is 36.1 Å². The zero-order valence-corrected chi connectivity index (χ0v) is 16.1. The van der Waals surface area contributed by atoms with E-state index in [0.717, 1.165) is 27.4 Å². The van der Waals surface area contributed by atoms with Crippen LogP contribution in [0.4, 0.5) is 0 Å². The number of aromatic nitrogens is 2. The molecule has 0 aliphatic rings. The maximum atomic E-state index is 12.1. The van der Waals surface area contributed by atoms with Gasteiger partial charge in [0.05, 0.1) is 5.69 Å². The Hall–Kier alpha value is -2.14. The van der Waals surface area contributed by atoms with Gasteiger partial charge in [-0.1, -0.05) is 32.4 Å². The quantitative estimate of drug-likeness (QED) is 0.881. The molecular weight excluding hydrogens is 338 g/mol. The number of carbonyl (C=O) groups excluding carboxylic acids is 1. The number of rotatable bonds is 5. The molecule has 0 aliphatic carbocycles. The van der Waals surface area contributed by atoms with Crippen LogP contribution in [0, 0.1) is 13.8 Å². The van der Waals surface area contributed by atoms with Crippen LogP contribution in [-0.4, -0.2) is 22.5 Å². The Balaban J connectivity index is 1.94. The second kappa shape index (κ2) is 7.83. The lowest BCUT2D eigenvalue weighted by atomic mass is 9.89. The zero-order valence-electron chi connectivity index (χ0n) is 15.3. The van der Waals surface area contributed by atoms with Crippen LogP contribution in [0.15, 0.2) is 24.7 Å². The van der Waals surface area contributed by atoms with E-state index >= 15 is 0 Å². The van der Waals surface area contributed by atoms with Crippen molar-refractivity contribution in [2.24, 2.45) is 0 Å². The number of hydrogen-bond acceptors (Lipinski definition) is 4. The summed E-state index contributed by atoms with van der Waals surface area (Å²) in [5.41, 5.74) is 3.56. The van der Waals surface area contributed by atoms with Gasteiger partial charge >= 0.3 is 0 Å². The number of nitrogens with zero attached hydrogens (tertiary/aromatic N) is 2. The fraction of sp³-hybridized carbons (Fsp3) is 0.421. The minimum atomic E-state index is -0.200. The standard InChI is InChI=1S/C19H24ClN3O2/c1-12-6-15(7-13(2)17(12)20)25-10-16(24)22-9-14-8-21-11-23-18(14)19(3,4)5/h6-8,11H,9-10H2,1-5H3,(H,22,24). The zero-order chi connectivity index (χ0) is 18.6. The maximum absolute atomic E-state index is 12.1. The number of aryl methyl sites for hydroxylation is 2. The highest BCUT2D eigenvalue weighted by atomic mass is 35.5. The van der Waals surface area contributed by atoms with Crippen molar-refractivity contribution < 1.29 is 9.53 Å². The van der Waals surface area contributed by atoms with Gasteiger partial charge in [0, 0.05) is 28.7 Å². The summed E-state index contributed by atoms with van der Waals surface area (Å²) in [5.74, 6) is 0.432. The highest BCUT2D eigenvalue weighted by Gasteiger charge is 2.19. The van der Waals surface area contributed by atoms with Crippen LogP contribution < -0.4 is 10.1 Å². The molecule has 0 bridgehead atoms. The second-order valence-electron chi connectivity index (χ2n) is 7.08. The number of hydrogen-bond donors (Lipinski definition) is 1. The average Bonchev–Trinajstić information content (AvgIpc) is 2.55. The van der Waals surface area contributed by atoms with E-state index in [-0.39, 0.29) is 17.9 Å². The molecular formula is C19H24ClN3O2. The number of nitrogens with one attached hydrogen (secondary N) is 1. The van der Waals surface area contributed by atoms with Crippen LogP contribution in [-0.2, 0) is 16.8 Å². The molecule has 1 aromatic heterocycles. The first-order chi connectivity index (χ1) is 11.7. The predicted octanol–water partition coefficient (Wildman–Crippen LogP) is 3.74. The Morgan fingerprint density at radius 1 is 1.24 bits per heavy atom. The van der Waals surface area contributed by atoms with Gasteiger partial charge in [-0.15, -0.1) is 0 Å². The first-order valence-corrected chi connectivity index (χ1v) is 8.52. The van der Waals surface area contributed by atoms with Crippen molar-refractivity contribution in [3.63, 3.8) is 0 Å². The van der Waals surface area contributed by atoms with Crippen molar-refractivity contribution in [3.05, 3.63) is 52.1 Å². The van der Waals surface area contributed by atoms with E-state index in [1.807, 2.05) is 26.0 Å². The van der Waals surface area contributed by atoms with Crippen molar-refractivity contribution in [2.45, 2.75) is 46.6 Å². The molecule has 1 N–H and O–H groups in total. The molecule has 2 rings (SSSR count). The van der Waals surface area contributed by atoms with Gasteiger partial charge in [0.15, 0.2) is 6.61 Å². The van der Waals surface area contributed by atoms with Crippen LogP contribution >= 0.6 is 11.6 Å². The van der Waals surface area contributed by atoms with Crippen LogP contribution in [0.3, 0.4) is 0 Å². The van der Waals surface area contributed by atoms with Gasteiger partial charge in [0.1, 0.15) is 12.1 Å². The van der Waals surface area contributed by atoms with Gasteiger partial charge in [-0.05, 0) is 37.1 Å². The second-order valence-corrected chi connectivity index (χ2v) is 7.46. The monoisotopic (exact) mass is 361 g/mol. The lowest BCUT2D eigenvalue weighted by molar-refractivity contribution is -0.123. The molecule has 0 saturated heterocycles. The van der Waals surface area contributed by atoms with Crippen molar-refractivity contribution in [2.75, 3.05) is 6.61 Å². The Morgan fingerprint density at radius 3 is 2.48 bits per heavy atom. The van der Waals surface area contributed by atoms with E-state index < -0.39 is 0 Å². The summed E-state index contributed by atoms with van der Waals surface area (Å²) in [7, 11) is 0. The van der Waals surface area contributed by atoms with Crippen molar-refractivity contribution in [3.8, 4) is 5.75 Å². The van der Waals surface area contributed by atoms with Crippen LogP contribution in [0.5, 0.6) is 5.75 Å². The van der Waals surface area contributed by atoms with Gasteiger partial charge < -0.3 is 10.1 Å². The minimum Gasteiger partial charge on any atom is -0.484 e. The SMILES string of the molecule is Cc1cc(OCC(=O)NCc2cncnc2C(C)(C)C)cc(C)c1Cl. The molecule has 1 amide bonds. The molecule has 2 aromatic rings. The fourth-order valence-corrected chi connectivity index (χ4v) is 2.66. The van der Waals surface area contributed by atoms with Crippen LogP contribution in [0.25, 0.3) is 0 Å². The summed E-state index contributed by atoms with van der Waals surface area (Å²) in [6.45, 7) is 10.4. The number of halogens is 1. The van der Waals surface area contributed by atoms with Crippen LogP contribution in [0.1, 0.15) is 43.2 Å². The smallest absolute Gasteiger partial charge is 0.258 e. The number of benzene rings is 1. The summed E-state index contributed by atoms with van der Waals surface area (Å²) in [5, 5.41) is 3.57. The highest BCUT2D eigenvalue weighted by molar-refractivity contribution is 6.32. The number of ether oxygens (including phenoxy) is 1. The van der Waals surface area contributed by atoms with Gasteiger partial charge in [0.25, 0.3) is 5.91 Å². The van der Waals surface area contributed by atoms with Gasteiger partial charge in [-0.25, -0.2) is 9.97 Å². The largest absolute Gasteiger partial charge is 0.484 e. The summed E-state index contributed by atoms with van der Waals surface area (Å²) in [4.78, 5) is 20.5. The highest BCUT2D eigenvalue weighted by Crippen LogP contribution is 2.26. The molecule has 6 heteroatoms. The third-order valence-electron chi connectivity index (χ3n) is 3.75. The van der Waals surface area contributed by atoms with Crippen LogP contribution in [0.2, 0.25) is 5.02 Å². The Labute approximate surface area is 153 Å². The van der Waals surface area contributed by atoms with Gasteiger partial charge in [-0.3, -0.25) is 4.79 Å². The molecule has 134 valence electrons.